The van der Waals surface area contributed by atoms with Crippen molar-refractivity contribution in [3.63, 3.8) is 0 Å². The molecule has 0 unspecified atom stereocenters. The molecule has 0 aliphatic rings. The van der Waals surface area contributed by atoms with Crippen LogP contribution in [-0.4, -0.2) is 14.7 Å². The third-order valence-electron chi connectivity index (χ3n) is 2.70. The van der Waals surface area contributed by atoms with Crippen LogP contribution in [0.15, 0.2) is 24.4 Å². The molecule has 0 amide bonds. The Balaban J connectivity index is 2.30. The van der Waals surface area contributed by atoms with Crippen molar-refractivity contribution < 1.29 is 4.92 Å². The fraction of sp³-hybridized carbons (Fsp3) is 0.250. The number of non-ortho nitro benzene ring substituents is 1. The molecule has 0 radical (unpaired) electrons. The van der Waals surface area contributed by atoms with E-state index in [1.54, 1.807) is 16.8 Å². The number of rotatable bonds is 3. The third-order valence-corrected chi connectivity index (χ3v) is 2.70. The molecule has 0 fully saturated rings. The zero-order valence-electron chi connectivity index (χ0n) is 10.5. The van der Waals surface area contributed by atoms with Crippen LogP contribution in [0.1, 0.15) is 11.3 Å². The van der Waals surface area contributed by atoms with E-state index in [9.17, 15) is 10.1 Å². The van der Waals surface area contributed by atoms with Gasteiger partial charge in [0.25, 0.3) is 5.69 Å². The molecule has 18 heavy (non-hydrogen) atoms. The van der Waals surface area contributed by atoms with Crippen LogP contribution in [0.2, 0.25) is 0 Å². The van der Waals surface area contributed by atoms with Crippen molar-refractivity contribution in [2.75, 3.05) is 5.32 Å². The summed E-state index contributed by atoms with van der Waals surface area (Å²) in [4.78, 5) is 10.3. The lowest BCUT2D eigenvalue weighted by Gasteiger charge is -2.07. The Morgan fingerprint density at radius 2 is 2.06 bits per heavy atom. The van der Waals surface area contributed by atoms with Crippen LogP contribution in [0.4, 0.5) is 17.1 Å². The van der Waals surface area contributed by atoms with Crippen LogP contribution in [0.25, 0.3) is 0 Å². The molecule has 0 aliphatic heterocycles. The van der Waals surface area contributed by atoms with Gasteiger partial charge in [0.1, 0.15) is 0 Å². The first-order valence-electron chi connectivity index (χ1n) is 5.49. The normalized spacial score (nSPS) is 10.4. The highest BCUT2D eigenvalue weighted by atomic mass is 16.6. The van der Waals surface area contributed by atoms with Crippen molar-refractivity contribution in [1.29, 1.82) is 0 Å². The smallest absolute Gasteiger partial charge is 0.269 e. The van der Waals surface area contributed by atoms with Crippen LogP contribution in [-0.2, 0) is 7.05 Å². The second kappa shape index (κ2) is 4.48. The van der Waals surface area contributed by atoms with Gasteiger partial charge >= 0.3 is 0 Å². The maximum atomic E-state index is 10.7. The van der Waals surface area contributed by atoms with Gasteiger partial charge in [0.15, 0.2) is 0 Å². The van der Waals surface area contributed by atoms with Gasteiger partial charge < -0.3 is 5.32 Å². The summed E-state index contributed by atoms with van der Waals surface area (Å²) in [6.07, 6.45) is 1.87. The number of anilines is 2. The van der Waals surface area contributed by atoms with Gasteiger partial charge in [-0.25, -0.2) is 0 Å². The minimum Gasteiger partial charge on any atom is -0.353 e. The van der Waals surface area contributed by atoms with Crippen molar-refractivity contribution in [2.24, 2.45) is 7.05 Å². The summed E-state index contributed by atoms with van der Waals surface area (Å²) in [7, 11) is 1.85. The van der Waals surface area contributed by atoms with Crippen LogP contribution >= 0.6 is 0 Å². The zero-order chi connectivity index (χ0) is 13.3. The van der Waals surface area contributed by atoms with Crippen LogP contribution in [0.3, 0.4) is 0 Å². The molecule has 2 aromatic rings. The van der Waals surface area contributed by atoms with E-state index < -0.39 is 4.92 Å². The maximum absolute atomic E-state index is 10.7. The molecule has 0 atom stereocenters. The quantitative estimate of drug-likeness (QED) is 0.667. The van der Waals surface area contributed by atoms with Crippen molar-refractivity contribution in [1.82, 2.24) is 9.78 Å². The van der Waals surface area contributed by atoms with Gasteiger partial charge in [0.2, 0.25) is 0 Å². The van der Waals surface area contributed by atoms with Crippen LogP contribution in [0, 0.1) is 24.0 Å². The average molecular weight is 246 g/mol. The summed E-state index contributed by atoms with van der Waals surface area (Å²) in [6.45, 7) is 3.74. The van der Waals surface area contributed by atoms with E-state index >= 15 is 0 Å². The standard InChI is InChI=1S/C12H14N4O2/c1-8-6-10(16(17)18)4-5-11(8)13-12-7-15(3)14-9(12)2/h4-7,13H,1-3H3. The molecule has 1 aromatic heterocycles. The topological polar surface area (TPSA) is 73.0 Å². The van der Waals surface area contributed by atoms with Crippen molar-refractivity contribution in [3.8, 4) is 0 Å². The molecule has 0 aliphatic carbocycles. The Labute approximate surface area is 104 Å². The molecule has 0 spiro atoms. The van der Waals surface area contributed by atoms with Crippen molar-refractivity contribution >= 4 is 17.1 Å². The Morgan fingerprint density at radius 1 is 1.33 bits per heavy atom. The molecule has 2 rings (SSSR count). The summed E-state index contributed by atoms with van der Waals surface area (Å²) < 4.78 is 1.72. The Bertz CT molecular complexity index is 604. The second-order valence-corrected chi connectivity index (χ2v) is 4.18. The molecule has 0 bridgehead atoms. The molecular formula is C12H14N4O2. The third kappa shape index (κ3) is 2.32. The van der Waals surface area contributed by atoms with Crippen molar-refractivity contribution in [2.45, 2.75) is 13.8 Å². The van der Waals surface area contributed by atoms with Gasteiger partial charge in [-0.3, -0.25) is 14.8 Å². The van der Waals surface area contributed by atoms with E-state index in [0.717, 1.165) is 22.6 Å². The molecule has 1 N–H and O–H groups in total. The lowest BCUT2D eigenvalue weighted by molar-refractivity contribution is -0.384. The molecule has 0 saturated heterocycles. The number of nitrogens with one attached hydrogen (secondary N) is 1. The molecule has 6 nitrogen and oxygen atoms in total. The largest absolute Gasteiger partial charge is 0.353 e. The highest BCUT2D eigenvalue weighted by Crippen LogP contribution is 2.25. The van der Waals surface area contributed by atoms with E-state index in [4.69, 9.17) is 0 Å². The Morgan fingerprint density at radius 3 is 2.56 bits per heavy atom. The SMILES string of the molecule is Cc1cc([N+](=O)[O-])ccc1Nc1cn(C)nc1C. The molecule has 1 aromatic carbocycles. The Hall–Kier alpha value is -2.37. The number of benzene rings is 1. The molecular weight excluding hydrogens is 232 g/mol. The molecule has 1 heterocycles. The first-order valence-corrected chi connectivity index (χ1v) is 5.49. The lowest BCUT2D eigenvalue weighted by Crippen LogP contribution is -1.95. The van der Waals surface area contributed by atoms with Gasteiger partial charge in [-0.15, -0.1) is 0 Å². The predicted molar refractivity (Wildman–Crippen MR) is 69.1 cm³/mol. The second-order valence-electron chi connectivity index (χ2n) is 4.18. The van der Waals surface area contributed by atoms with E-state index in [1.807, 2.05) is 27.1 Å². The molecule has 0 saturated carbocycles. The number of nitro benzene ring substituents is 1. The molecule has 94 valence electrons. The average Bonchev–Trinajstić information content (AvgIpc) is 2.60. The Kier molecular flexibility index (Phi) is 3.01. The van der Waals surface area contributed by atoms with Crippen molar-refractivity contribution in [3.05, 3.63) is 45.8 Å². The number of nitro groups is 1. The highest BCUT2D eigenvalue weighted by Gasteiger charge is 2.09. The minimum absolute atomic E-state index is 0.0981. The number of nitrogens with zero attached hydrogens (tertiary/aromatic N) is 3. The molecule has 6 heteroatoms. The van der Waals surface area contributed by atoms with Gasteiger partial charge in [-0.1, -0.05) is 0 Å². The number of hydrogen-bond acceptors (Lipinski definition) is 4. The number of aromatic nitrogens is 2. The summed E-state index contributed by atoms with van der Waals surface area (Å²) in [5, 5.41) is 18.1. The van der Waals surface area contributed by atoms with Gasteiger partial charge in [-0.2, -0.15) is 5.10 Å². The first-order chi connectivity index (χ1) is 8.47. The summed E-state index contributed by atoms with van der Waals surface area (Å²) in [5.74, 6) is 0. The number of hydrogen-bond donors (Lipinski definition) is 1. The number of aryl methyl sites for hydroxylation is 3. The fourth-order valence-corrected chi connectivity index (χ4v) is 1.77. The van der Waals surface area contributed by atoms with E-state index in [2.05, 4.69) is 10.4 Å². The summed E-state index contributed by atoms with van der Waals surface area (Å²) >= 11 is 0. The van der Waals surface area contributed by atoms with Crippen LogP contribution < -0.4 is 5.32 Å². The minimum atomic E-state index is -0.397. The zero-order valence-corrected chi connectivity index (χ0v) is 10.5. The maximum Gasteiger partial charge on any atom is 0.269 e. The predicted octanol–water partition coefficient (Wildman–Crippen LogP) is 2.69. The van der Waals surface area contributed by atoms with E-state index in [-0.39, 0.29) is 5.69 Å². The van der Waals surface area contributed by atoms with E-state index in [1.165, 1.54) is 6.07 Å². The monoisotopic (exact) mass is 246 g/mol. The van der Waals surface area contributed by atoms with Gasteiger partial charge in [-0.05, 0) is 25.5 Å². The lowest BCUT2D eigenvalue weighted by atomic mass is 10.1. The summed E-state index contributed by atoms with van der Waals surface area (Å²) in [5.41, 5.74) is 3.55. The van der Waals surface area contributed by atoms with E-state index in [0.29, 0.717) is 0 Å². The van der Waals surface area contributed by atoms with Gasteiger partial charge in [0, 0.05) is 31.1 Å². The summed E-state index contributed by atoms with van der Waals surface area (Å²) in [6, 6.07) is 4.75. The van der Waals surface area contributed by atoms with Crippen LogP contribution in [0.5, 0.6) is 0 Å². The first kappa shape index (κ1) is 12.1. The van der Waals surface area contributed by atoms with Gasteiger partial charge in [0.05, 0.1) is 16.3 Å². The fourth-order valence-electron chi connectivity index (χ4n) is 1.77. The highest BCUT2D eigenvalue weighted by molar-refractivity contribution is 5.65.